The first kappa shape index (κ1) is 18.0. The van der Waals surface area contributed by atoms with E-state index in [-0.39, 0.29) is 0 Å². The van der Waals surface area contributed by atoms with Gasteiger partial charge in [-0.15, -0.1) is 0 Å². The Hall–Kier alpha value is -2.76. The molecule has 2 aromatic rings. The summed E-state index contributed by atoms with van der Waals surface area (Å²) in [5.41, 5.74) is 2.46. The predicted molar refractivity (Wildman–Crippen MR) is 109 cm³/mol. The number of piperazine rings is 1. The third kappa shape index (κ3) is 4.25. The van der Waals surface area contributed by atoms with E-state index in [0.29, 0.717) is 6.54 Å². The third-order valence-electron chi connectivity index (χ3n) is 4.64. The van der Waals surface area contributed by atoms with Gasteiger partial charge in [0.25, 0.3) is 0 Å². The highest BCUT2D eigenvalue weighted by atomic mass is 15.3. The maximum Gasteiger partial charge on any atom is 0.194 e. The summed E-state index contributed by atoms with van der Waals surface area (Å²) in [6.07, 6.45) is 1.83. The van der Waals surface area contributed by atoms with Crippen LogP contribution in [0.15, 0.2) is 53.7 Å². The van der Waals surface area contributed by atoms with Gasteiger partial charge >= 0.3 is 0 Å². The molecule has 0 radical (unpaired) electrons. The molecule has 0 unspecified atom stereocenters. The van der Waals surface area contributed by atoms with E-state index >= 15 is 0 Å². The lowest BCUT2D eigenvalue weighted by Crippen LogP contribution is -2.52. The summed E-state index contributed by atoms with van der Waals surface area (Å²) in [7, 11) is 5.88. The van der Waals surface area contributed by atoms with Gasteiger partial charge in [-0.25, -0.2) is 4.98 Å². The standard InChI is InChI=1S/C20H28N6/c1-21-20(23-16-17-8-7-11-22-19(17)24(2)3)26-14-12-25(13-15-26)18-9-5-4-6-10-18/h4-11H,12-16H2,1-3H3,(H,21,23). The first-order chi connectivity index (χ1) is 12.7. The molecule has 1 aliphatic heterocycles. The SMILES string of the molecule is CN=C(NCc1cccnc1N(C)C)N1CCN(c2ccccc2)CC1. The van der Waals surface area contributed by atoms with Gasteiger partial charge in [-0.2, -0.15) is 0 Å². The fourth-order valence-electron chi connectivity index (χ4n) is 3.29. The molecule has 1 aromatic carbocycles. The monoisotopic (exact) mass is 352 g/mol. The predicted octanol–water partition coefficient (Wildman–Crippen LogP) is 2.05. The number of nitrogens with zero attached hydrogens (tertiary/aromatic N) is 5. The Kier molecular flexibility index (Phi) is 5.94. The van der Waals surface area contributed by atoms with Crippen LogP contribution >= 0.6 is 0 Å². The van der Waals surface area contributed by atoms with E-state index in [1.807, 2.05) is 38.3 Å². The van der Waals surface area contributed by atoms with Crippen LogP contribution in [-0.2, 0) is 6.54 Å². The van der Waals surface area contributed by atoms with E-state index in [0.717, 1.165) is 38.0 Å². The maximum absolute atomic E-state index is 4.48. The Morgan fingerprint density at radius 1 is 1.08 bits per heavy atom. The Balaban J connectivity index is 1.58. The summed E-state index contributed by atoms with van der Waals surface area (Å²) in [6, 6.07) is 14.7. The second-order valence-corrected chi connectivity index (χ2v) is 6.59. The molecule has 0 bridgehead atoms. The molecule has 0 atom stereocenters. The van der Waals surface area contributed by atoms with Gasteiger partial charge in [0.05, 0.1) is 0 Å². The first-order valence-electron chi connectivity index (χ1n) is 9.06. The smallest absolute Gasteiger partial charge is 0.194 e. The summed E-state index contributed by atoms with van der Waals surface area (Å²) >= 11 is 0. The Morgan fingerprint density at radius 3 is 2.46 bits per heavy atom. The maximum atomic E-state index is 4.48. The lowest BCUT2D eigenvalue weighted by Gasteiger charge is -2.37. The van der Waals surface area contributed by atoms with E-state index in [4.69, 9.17) is 0 Å². The van der Waals surface area contributed by atoms with Crippen LogP contribution in [0.25, 0.3) is 0 Å². The van der Waals surface area contributed by atoms with E-state index in [1.165, 1.54) is 11.3 Å². The second-order valence-electron chi connectivity index (χ2n) is 6.59. The number of hydrogen-bond acceptors (Lipinski definition) is 4. The minimum absolute atomic E-state index is 0.715. The molecule has 0 spiro atoms. The number of aromatic nitrogens is 1. The number of nitrogens with one attached hydrogen (secondary N) is 1. The molecule has 6 nitrogen and oxygen atoms in total. The first-order valence-corrected chi connectivity index (χ1v) is 9.06. The van der Waals surface area contributed by atoms with Crippen molar-refractivity contribution in [3.05, 3.63) is 54.2 Å². The number of pyridine rings is 1. The number of anilines is 2. The highest BCUT2D eigenvalue weighted by Gasteiger charge is 2.20. The van der Waals surface area contributed by atoms with Gasteiger partial charge in [-0.3, -0.25) is 4.99 Å². The Bertz CT molecular complexity index is 720. The molecule has 0 amide bonds. The second kappa shape index (κ2) is 8.56. The summed E-state index contributed by atoms with van der Waals surface area (Å²) in [5.74, 6) is 1.94. The molecule has 1 aromatic heterocycles. The van der Waals surface area contributed by atoms with Gasteiger partial charge in [-0.05, 0) is 18.2 Å². The van der Waals surface area contributed by atoms with Crippen LogP contribution in [0, 0.1) is 0 Å². The number of rotatable bonds is 4. The Labute approximate surface area is 156 Å². The van der Waals surface area contributed by atoms with Crippen molar-refractivity contribution in [3.8, 4) is 0 Å². The summed E-state index contributed by atoms with van der Waals surface area (Å²) in [5, 5.41) is 3.50. The van der Waals surface area contributed by atoms with Gasteiger partial charge < -0.3 is 20.0 Å². The molecule has 0 aliphatic carbocycles. The number of benzene rings is 1. The lowest BCUT2D eigenvalue weighted by molar-refractivity contribution is 0.372. The summed E-state index contributed by atoms with van der Waals surface area (Å²) in [6.45, 7) is 4.64. The van der Waals surface area contributed by atoms with Gasteiger partial charge in [0.2, 0.25) is 0 Å². The number of guanidine groups is 1. The van der Waals surface area contributed by atoms with Crippen LogP contribution in [-0.4, -0.2) is 63.2 Å². The average molecular weight is 352 g/mol. The number of aliphatic imine (C=N–C) groups is 1. The van der Waals surface area contributed by atoms with Gasteiger partial charge in [0.1, 0.15) is 5.82 Å². The zero-order chi connectivity index (χ0) is 18.4. The minimum Gasteiger partial charge on any atom is -0.368 e. The van der Waals surface area contributed by atoms with Crippen molar-refractivity contribution in [2.45, 2.75) is 6.54 Å². The zero-order valence-electron chi connectivity index (χ0n) is 15.9. The van der Waals surface area contributed by atoms with Crippen molar-refractivity contribution >= 4 is 17.5 Å². The molecule has 2 heterocycles. The Morgan fingerprint density at radius 2 is 1.81 bits per heavy atom. The molecule has 1 N–H and O–H groups in total. The van der Waals surface area contributed by atoms with Crippen LogP contribution in [0.2, 0.25) is 0 Å². The molecule has 1 saturated heterocycles. The van der Waals surface area contributed by atoms with Crippen molar-refractivity contribution in [2.24, 2.45) is 4.99 Å². The van der Waals surface area contributed by atoms with Crippen molar-refractivity contribution in [1.82, 2.24) is 15.2 Å². The van der Waals surface area contributed by atoms with Gasteiger partial charge in [0, 0.05) is 71.3 Å². The molecule has 1 aliphatic rings. The van der Waals surface area contributed by atoms with Crippen LogP contribution in [0.5, 0.6) is 0 Å². The fourth-order valence-corrected chi connectivity index (χ4v) is 3.29. The highest BCUT2D eigenvalue weighted by Crippen LogP contribution is 2.16. The van der Waals surface area contributed by atoms with Crippen molar-refractivity contribution < 1.29 is 0 Å². The van der Waals surface area contributed by atoms with Crippen LogP contribution in [0.1, 0.15) is 5.56 Å². The van der Waals surface area contributed by atoms with Crippen LogP contribution in [0.4, 0.5) is 11.5 Å². The summed E-state index contributed by atoms with van der Waals surface area (Å²) < 4.78 is 0. The van der Waals surface area contributed by atoms with E-state index in [2.05, 4.69) is 61.5 Å². The van der Waals surface area contributed by atoms with Crippen molar-refractivity contribution in [1.29, 1.82) is 0 Å². The molecule has 138 valence electrons. The zero-order valence-corrected chi connectivity index (χ0v) is 15.9. The number of para-hydroxylation sites is 1. The fraction of sp³-hybridized carbons (Fsp3) is 0.400. The lowest BCUT2D eigenvalue weighted by atomic mass is 10.2. The molecule has 26 heavy (non-hydrogen) atoms. The van der Waals surface area contributed by atoms with Gasteiger partial charge in [-0.1, -0.05) is 24.3 Å². The van der Waals surface area contributed by atoms with Crippen molar-refractivity contribution in [3.63, 3.8) is 0 Å². The van der Waals surface area contributed by atoms with Crippen LogP contribution in [0.3, 0.4) is 0 Å². The van der Waals surface area contributed by atoms with E-state index in [1.54, 1.807) is 0 Å². The molecular formula is C20H28N6. The van der Waals surface area contributed by atoms with E-state index < -0.39 is 0 Å². The van der Waals surface area contributed by atoms with Crippen LogP contribution < -0.4 is 15.1 Å². The summed E-state index contributed by atoms with van der Waals surface area (Å²) in [4.78, 5) is 15.7. The molecular weight excluding hydrogens is 324 g/mol. The largest absolute Gasteiger partial charge is 0.368 e. The molecule has 3 rings (SSSR count). The average Bonchev–Trinajstić information content (AvgIpc) is 2.70. The normalized spacial score (nSPS) is 15.1. The molecule has 0 saturated carbocycles. The van der Waals surface area contributed by atoms with Crippen molar-refractivity contribution in [2.75, 3.05) is 57.1 Å². The highest BCUT2D eigenvalue weighted by molar-refractivity contribution is 5.80. The third-order valence-corrected chi connectivity index (χ3v) is 4.64. The number of hydrogen-bond donors (Lipinski definition) is 1. The minimum atomic E-state index is 0.715. The van der Waals surface area contributed by atoms with E-state index in [9.17, 15) is 0 Å². The molecule has 1 fully saturated rings. The quantitative estimate of drug-likeness (QED) is 0.674. The topological polar surface area (TPSA) is 47.0 Å². The van der Waals surface area contributed by atoms with Gasteiger partial charge in [0.15, 0.2) is 5.96 Å². The molecule has 6 heteroatoms.